The predicted molar refractivity (Wildman–Crippen MR) is 90.2 cm³/mol. The molecule has 0 bridgehead atoms. The number of alkyl halides is 3. The van der Waals surface area contributed by atoms with Crippen LogP contribution in [0.1, 0.15) is 21.5 Å². The highest BCUT2D eigenvalue weighted by molar-refractivity contribution is 5.91. The molecule has 0 radical (unpaired) electrons. The van der Waals surface area contributed by atoms with Crippen LogP contribution in [0.3, 0.4) is 0 Å². The number of aliphatic hydroxyl groups is 1. The highest BCUT2D eigenvalue weighted by Gasteiger charge is 2.38. The van der Waals surface area contributed by atoms with Crippen LogP contribution >= 0.6 is 0 Å². The first-order valence-corrected chi connectivity index (χ1v) is 7.68. The Morgan fingerprint density at radius 3 is 1.85 bits per heavy atom. The van der Waals surface area contributed by atoms with Crippen molar-refractivity contribution in [2.45, 2.75) is 19.1 Å². The third-order valence-corrected chi connectivity index (χ3v) is 3.20. The van der Waals surface area contributed by atoms with Crippen LogP contribution < -0.4 is 10.5 Å². The number of hydrogen-bond acceptors (Lipinski definition) is 5. The zero-order valence-corrected chi connectivity index (χ0v) is 14.1. The molecule has 0 unspecified atom stereocenters. The van der Waals surface area contributed by atoms with Gasteiger partial charge in [0.2, 0.25) is 0 Å². The number of aliphatic carboxylic acids is 1. The van der Waals surface area contributed by atoms with E-state index in [-0.39, 0.29) is 6.61 Å². The number of benzene rings is 2. The minimum atomic E-state index is -5.08. The van der Waals surface area contributed by atoms with E-state index in [0.29, 0.717) is 24.3 Å². The number of nitrogens with two attached hydrogens (primary N) is 1. The maximum atomic E-state index is 11.9. The molecule has 0 amide bonds. The molecule has 2 rings (SSSR count). The van der Waals surface area contributed by atoms with E-state index in [0.717, 1.165) is 11.1 Å². The Balaban J connectivity index is 0.000000445. The fourth-order valence-electron chi connectivity index (χ4n) is 1.80. The van der Waals surface area contributed by atoms with Crippen LogP contribution in [0.2, 0.25) is 0 Å². The van der Waals surface area contributed by atoms with Crippen LogP contribution in [-0.4, -0.2) is 34.9 Å². The zero-order valence-electron chi connectivity index (χ0n) is 14.1. The number of carbonyl (C=O) groups excluding carboxylic acids is 1. The Labute approximate surface area is 153 Å². The summed E-state index contributed by atoms with van der Waals surface area (Å²) < 4.78 is 37.0. The van der Waals surface area contributed by atoms with Crippen molar-refractivity contribution in [3.63, 3.8) is 0 Å². The lowest BCUT2D eigenvalue weighted by atomic mass is 10.1. The van der Waals surface area contributed by atoms with Crippen LogP contribution in [0, 0.1) is 0 Å². The molecule has 27 heavy (non-hydrogen) atoms. The molecule has 0 spiro atoms. The second kappa shape index (κ2) is 10.3. The molecular weight excluding hydrogens is 367 g/mol. The summed E-state index contributed by atoms with van der Waals surface area (Å²) in [5.41, 5.74) is 7.96. The molecule has 0 atom stereocenters. The molecule has 9 heteroatoms. The zero-order chi connectivity index (χ0) is 20.4. The molecule has 6 nitrogen and oxygen atoms in total. The quantitative estimate of drug-likeness (QED) is 0.539. The Morgan fingerprint density at radius 2 is 1.44 bits per heavy atom. The van der Waals surface area contributed by atoms with Gasteiger partial charge in [-0.15, -0.1) is 0 Å². The summed E-state index contributed by atoms with van der Waals surface area (Å²) in [7, 11) is 0. The van der Waals surface area contributed by atoms with Crippen LogP contribution in [-0.2, 0) is 17.8 Å². The van der Waals surface area contributed by atoms with Crippen LogP contribution in [0.25, 0.3) is 0 Å². The highest BCUT2D eigenvalue weighted by Crippen LogP contribution is 2.15. The van der Waals surface area contributed by atoms with E-state index < -0.39 is 18.1 Å². The Hall–Kier alpha value is -2.91. The molecule has 0 heterocycles. The largest absolute Gasteiger partial charge is 0.490 e. The van der Waals surface area contributed by atoms with Crippen molar-refractivity contribution >= 4 is 11.9 Å². The molecule has 2 aromatic rings. The molecule has 146 valence electrons. The predicted octanol–water partition coefficient (Wildman–Crippen LogP) is 2.53. The van der Waals surface area contributed by atoms with E-state index >= 15 is 0 Å². The average molecular weight is 385 g/mol. The van der Waals surface area contributed by atoms with Crippen molar-refractivity contribution in [1.29, 1.82) is 0 Å². The number of ether oxygens (including phenoxy) is 1. The second-order valence-electron chi connectivity index (χ2n) is 5.21. The van der Waals surface area contributed by atoms with Crippen molar-refractivity contribution in [1.82, 2.24) is 0 Å². The summed E-state index contributed by atoms with van der Waals surface area (Å²) in [6.45, 7) is 0.550. The van der Waals surface area contributed by atoms with E-state index in [9.17, 15) is 18.0 Å². The van der Waals surface area contributed by atoms with Gasteiger partial charge in [-0.05, 0) is 41.8 Å². The van der Waals surface area contributed by atoms with Gasteiger partial charge >= 0.3 is 18.1 Å². The molecule has 2 aromatic carbocycles. The molecule has 0 aliphatic heterocycles. The molecule has 0 aliphatic carbocycles. The molecule has 0 fully saturated rings. The number of esters is 1. The first kappa shape index (κ1) is 22.1. The van der Waals surface area contributed by atoms with Gasteiger partial charge in [-0.1, -0.05) is 24.3 Å². The van der Waals surface area contributed by atoms with Gasteiger partial charge in [0.25, 0.3) is 0 Å². The van der Waals surface area contributed by atoms with E-state index in [1.54, 1.807) is 36.4 Å². The topological polar surface area (TPSA) is 110 Å². The average Bonchev–Trinajstić information content (AvgIpc) is 2.63. The van der Waals surface area contributed by atoms with E-state index in [4.69, 9.17) is 25.5 Å². The number of carboxylic acids is 1. The first-order chi connectivity index (χ1) is 12.7. The number of aliphatic hydroxyl groups excluding tert-OH is 1. The third kappa shape index (κ3) is 7.89. The van der Waals surface area contributed by atoms with Gasteiger partial charge in [0.1, 0.15) is 5.75 Å². The number of hydrogen-bond donors (Lipinski definition) is 3. The van der Waals surface area contributed by atoms with Crippen LogP contribution in [0.4, 0.5) is 13.2 Å². The fraction of sp³-hybridized carbons (Fsp3) is 0.222. The van der Waals surface area contributed by atoms with Gasteiger partial charge in [0.15, 0.2) is 0 Å². The van der Waals surface area contributed by atoms with Crippen molar-refractivity contribution in [2.24, 2.45) is 5.73 Å². The van der Waals surface area contributed by atoms with Crippen molar-refractivity contribution in [2.75, 3.05) is 6.61 Å². The van der Waals surface area contributed by atoms with Crippen molar-refractivity contribution < 1.29 is 37.7 Å². The van der Waals surface area contributed by atoms with Crippen molar-refractivity contribution in [3.8, 4) is 5.75 Å². The van der Waals surface area contributed by atoms with E-state index in [1.165, 1.54) is 0 Å². The number of halogens is 3. The smallest absolute Gasteiger partial charge is 0.475 e. The minimum Gasteiger partial charge on any atom is -0.475 e. The summed E-state index contributed by atoms with van der Waals surface area (Å²) in [6, 6.07) is 14.1. The maximum Gasteiger partial charge on any atom is 0.490 e. The van der Waals surface area contributed by atoms with Crippen molar-refractivity contribution in [3.05, 3.63) is 65.2 Å². The van der Waals surface area contributed by atoms with Gasteiger partial charge in [-0.3, -0.25) is 0 Å². The number of carbonyl (C=O) groups is 2. The number of rotatable bonds is 5. The van der Waals surface area contributed by atoms with E-state index in [1.807, 2.05) is 12.1 Å². The highest BCUT2D eigenvalue weighted by atomic mass is 19.4. The molecule has 0 saturated heterocycles. The third-order valence-electron chi connectivity index (χ3n) is 3.20. The van der Waals surface area contributed by atoms with Gasteiger partial charge in [0.05, 0.1) is 5.56 Å². The summed E-state index contributed by atoms with van der Waals surface area (Å²) in [5.74, 6) is -2.67. The fourth-order valence-corrected chi connectivity index (χ4v) is 1.80. The summed E-state index contributed by atoms with van der Waals surface area (Å²) >= 11 is 0. The lowest BCUT2D eigenvalue weighted by Gasteiger charge is -2.06. The van der Waals surface area contributed by atoms with Gasteiger partial charge in [-0.25, -0.2) is 9.59 Å². The SMILES string of the molecule is NCc1ccc(C(=O)Oc2ccc(CCO)cc2)cc1.O=C(O)C(F)(F)F. The first-order valence-electron chi connectivity index (χ1n) is 7.68. The standard InChI is InChI=1S/C16H17NO3.C2HF3O2/c17-11-13-1-5-14(6-2-13)16(19)20-15-7-3-12(4-8-15)9-10-18;3-2(4,5)1(6)7/h1-8,18H,9-11,17H2;(H,6,7). The molecule has 0 saturated carbocycles. The lowest BCUT2D eigenvalue weighted by Crippen LogP contribution is -2.21. The monoisotopic (exact) mass is 385 g/mol. The number of carboxylic acid groups (broad SMARTS) is 1. The molecular formula is C18H18F3NO5. The lowest BCUT2D eigenvalue weighted by molar-refractivity contribution is -0.192. The van der Waals surface area contributed by atoms with Gasteiger partial charge in [0, 0.05) is 13.2 Å². The summed E-state index contributed by atoms with van der Waals surface area (Å²) in [4.78, 5) is 20.8. The molecule has 0 aromatic heterocycles. The molecule has 4 N–H and O–H groups in total. The Kier molecular flexibility index (Phi) is 8.43. The maximum absolute atomic E-state index is 11.9. The minimum absolute atomic E-state index is 0.104. The second-order valence-corrected chi connectivity index (χ2v) is 5.21. The van der Waals surface area contributed by atoms with Gasteiger partial charge in [-0.2, -0.15) is 13.2 Å². The summed E-state index contributed by atoms with van der Waals surface area (Å²) in [5, 5.41) is 16.0. The van der Waals surface area contributed by atoms with Crippen LogP contribution in [0.5, 0.6) is 5.75 Å². The molecule has 0 aliphatic rings. The Morgan fingerprint density at radius 1 is 0.963 bits per heavy atom. The van der Waals surface area contributed by atoms with E-state index in [2.05, 4.69) is 0 Å². The Bertz CT molecular complexity index is 743. The van der Waals surface area contributed by atoms with Gasteiger partial charge < -0.3 is 20.7 Å². The van der Waals surface area contributed by atoms with Crippen LogP contribution in [0.15, 0.2) is 48.5 Å². The summed E-state index contributed by atoms with van der Waals surface area (Å²) in [6.07, 6.45) is -4.49. The normalized spacial score (nSPS) is 10.6.